The number of ether oxygens (including phenoxy) is 1. The number of benzene rings is 1. The molecule has 1 unspecified atom stereocenters. The van der Waals surface area contributed by atoms with Crippen molar-refractivity contribution in [3.63, 3.8) is 0 Å². The summed E-state index contributed by atoms with van der Waals surface area (Å²) in [6, 6.07) is 8.29. The SMILES string of the molecule is CCC#CC(C)Cc1ccccc1OCC(C)C. The minimum Gasteiger partial charge on any atom is -0.493 e. The van der Waals surface area contributed by atoms with Gasteiger partial charge in [0.2, 0.25) is 0 Å². The highest BCUT2D eigenvalue weighted by atomic mass is 16.5. The second-order valence-electron chi connectivity index (χ2n) is 5.09. The molecule has 0 heterocycles. The zero-order valence-corrected chi connectivity index (χ0v) is 12.0. The van der Waals surface area contributed by atoms with E-state index in [0.717, 1.165) is 25.2 Å². The standard InChI is InChI=1S/C17H24O/c1-5-6-9-15(4)12-16-10-7-8-11-17(16)18-13-14(2)3/h7-8,10-11,14-15H,5,12-13H2,1-4H3. The summed E-state index contributed by atoms with van der Waals surface area (Å²) >= 11 is 0. The number of rotatable bonds is 5. The van der Waals surface area contributed by atoms with Crippen LogP contribution in [0.3, 0.4) is 0 Å². The first-order valence-electron chi connectivity index (χ1n) is 6.82. The Kier molecular flexibility index (Phi) is 6.36. The van der Waals surface area contributed by atoms with E-state index in [9.17, 15) is 0 Å². The van der Waals surface area contributed by atoms with Gasteiger partial charge in [0.05, 0.1) is 6.61 Å². The van der Waals surface area contributed by atoms with Crippen molar-refractivity contribution in [3.8, 4) is 17.6 Å². The van der Waals surface area contributed by atoms with Crippen LogP contribution in [-0.4, -0.2) is 6.61 Å². The zero-order chi connectivity index (χ0) is 13.4. The fourth-order valence-corrected chi connectivity index (χ4v) is 1.73. The maximum Gasteiger partial charge on any atom is 0.122 e. The summed E-state index contributed by atoms with van der Waals surface area (Å²) in [4.78, 5) is 0. The normalized spacial score (nSPS) is 11.8. The van der Waals surface area contributed by atoms with Crippen LogP contribution < -0.4 is 4.74 Å². The van der Waals surface area contributed by atoms with Crippen molar-refractivity contribution in [1.82, 2.24) is 0 Å². The second kappa shape index (κ2) is 7.82. The van der Waals surface area contributed by atoms with Gasteiger partial charge in [0.1, 0.15) is 5.75 Å². The minimum atomic E-state index is 0.383. The average molecular weight is 244 g/mol. The molecule has 0 saturated carbocycles. The Morgan fingerprint density at radius 2 is 1.89 bits per heavy atom. The lowest BCUT2D eigenvalue weighted by Gasteiger charge is -2.14. The molecular formula is C17H24O. The topological polar surface area (TPSA) is 9.23 Å². The van der Waals surface area contributed by atoms with Crippen LogP contribution in [0.15, 0.2) is 24.3 Å². The summed E-state index contributed by atoms with van der Waals surface area (Å²) in [5.74, 6) is 8.36. The third kappa shape index (κ3) is 5.27. The molecule has 0 fully saturated rings. The summed E-state index contributed by atoms with van der Waals surface area (Å²) in [6.45, 7) is 9.35. The number of para-hydroxylation sites is 1. The minimum absolute atomic E-state index is 0.383. The van der Waals surface area contributed by atoms with Crippen LogP contribution in [0, 0.1) is 23.7 Å². The highest BCUT2D eigenvalue weighted by molar-refractivity contribution is 5.34. The maximum atomic E-state index is 5.86. The Labute approximate surface area is 112 Å². The predicted octanol–water partition coefficient (Wildman–Crippen LogP) is 4.31. The van der Waals surface area contributed by atoms with Crippen molar-refractivity contribution in [3.05, 3.63) is 29.8 Å². The monoisotopic (exact) mass is 244 g/mol. The van der Waals surface area contributed by atoms with E-state index < -0.39 is 0 Å². The third-order valence-electron chi connectivity index (χ3n) is 2.60. The molecule has 0 amide bonds. The molecule has 0 aliphatic heterocycles. The van der Waals surface area contributed by atoms with E-state index in [1.165, 1.54) is 5.56 Å². The first kappa shape index (κ1) is 14.6. The predicted molar refractivity (Wildman–Crippen MR) is 77.7 cm³/mol. The Bertz CT molecular complexity index is 409. The van der Waals surface area contributed by atoms with Crippen LogP contribution >= 0.6 is 0 Å². The molecule has 0 N–H and O–H groups in total. The molecule has 1 rings (SSSR count). The second-order valence-corrected chi connectivity index (χ2v) is 5.09. The molecular weight excluding hydrogens is 220 g/mol. The zero-order valence-electron chi connectivity index (χ0n) is 12.0. The highest BCUT2D eigenvalue weighted by Gasteiger charge is 2.07. The van der Waals surface area contributed by atoms with Crippen molar-refractivity contribution in [2.75, 3.05) is 6.61 Å². The van der Waals surface area contributed by atoms with E-state index in [1.807, 2.05) is 6.07 Å². The highest BCUT2D eigenvalue weighted by Crippen LogP contribution is 2.21. The smallest absolute Gasteiger partial charge is 0.122 e. The van der Waals surface area contributed by atoms with Gasteiger partial charge < -0.3 is 4.74 Å². The van der Waals surface area contributed by atoms with Gasteiger partial charge in [-0.25, -0.2) is 0 Å². The fourth-order valence-electron chi connectivity index (χ4n) is 1.73. The van der Waals surface area contributed by atoms with Gasteiger partial charge in [0.25, 0.3) is 0 Å². The third-order valence-corrected chi connectivity index (χ3v) is 2.60. The van der Waals surface area contributed by atoms with Crippen molar-refractivity contribution in [2.24, 2.45) is 11.8 Å². The largest absolute Gasteiger partial charge is 0.493 e. The molecule has 1 aromatic rings. The van der Waals surface area contributed by atoms with Gasteiger partial charge in [0, 0.05) is 12.3 Å². The molecule has 0 radical (unpaired) electrons. The Hall–Kier alpha value is -1.42. The first-order valence-corrected chi connectivity index (χ1v) is 6.82. The van der Waals surface area contributed by atoms with Gasteiger partial charge in [-0.15, -0.1) is 5.92 Å². The Morgan fingerprint density at radius 1 is 1.17 bits per heavy atom. The van der Waals surface area contributed by atoms with E-state index in [1.54, 1.807) is 0 Å². The molecule has 0 saturated heterocycles. The van der Waals surface area contributed by atoms with Crippen LogP contribution in [-0.2, 0) is 6.42 Å². The van der Waals surface area contributed by atoms with E-state index in [0.29, 0.717) is 11.8 Å². The Balaban J connectivity index is 2.69. The Morgan fingerprint density at radius 3 is 2.56 bits per heavy atom. The van der Waals surface area contributed by atoms with Gasteiger partial charge in [-0.1, -0.05) is 51.8 Å². The molecule has 0 spiro atoms. The molecule has 98 valence electrons. The summed E-state index contributed by atoms with van der Waals surface area (Å²) < 4.78 is 5.86. The maximum absolute atomic E-state index is 5.86. The molecule has 1 atom stereocenters. The van der Waals surface area contributed by atoms with Crippen molar-refractivity contribution in [2.45, 2.75) is 40.5 Å². The summed E-state index contributed by atoms with van der Waals surface area (Å²) in [6.07, 6.45) is 1.89. The van der Waals surface area contributed by atoms with Crippen LogP contribution in [0.2, 0.25) is 0 Å². The molecule has 1 heteroatoms. The van der Waals surface area contributed by atoms with Gasteiger partial charge >= 0.3 is 0 Å². The molecule has 1 aromatic carbocycles. The average Bonchev–Trinajstić information content (AvgIpc) is 2.35. The van der Waals surface area contributed by atoms with Gasteiger partial charge in [-0.3, -0.25) is 0 Å². The van der Waals surface area contributed by atoms with Crippen molar-refractivity contribution in [1.29, 1.82) is 0 Å². The lowest BCUT2D eigenvalue weighted by Crippen LogP contribution is -2.07. The van der Waals surface area contributed by atoms with E-state index >= 15 is 0 Å². The summed E-state index contributed by atoms with van der Waals surface area (Å²) in [5, 5.41) is 0. The summed E-state index contributed by atoms with van der Waals surface area (Å²) in [5.41, 5.74) is 1.26. The van der Waals surface area contributed by atoms with Crippen LogP contribution in [0.25, 0.3) is 0 Å². The van der Waals surface area contributed by atoms with Crippen LogP contribution in [0.1, 0.15) is 39.7 Å². The van der Waals surface area contributed by atoms with Crippen LogP contribution in [0.4, 0.5) is 0 Å². The molecule has 0 aromatic heterocycles. The van der Waals surface area contributed by atoms with E-state index in [4.69, 9.17) is 4.74 Å². The molecule has 0 aliphatic carbocycles. The number of hydrogen-bond donors (Lipinski definition) is 0. The lowest BCUT2D eigenvalue weighted by molar-refractivity contribution is 0.268. The molecule has 18 heavy (non-hydrogen) atoms. The van der Waals surface area contributed by atoms with E-state index in [-0.39, 0.29) is 0 Å². The van der Waals surface area contributed by atoms with Crippen molar-refractivity contribution >= 4 is 0 Å². The fraction of sp³-hybridized carbons (Fsp3) is 0.529. The molecule has 0 aliphatic rings. The molecule has 0 bridgehead atoms. The van der Waals surface area contributed by atoms with Gasteiger partial charge in [-0.05, 0) is 24.0 Å². The molecule has 1 nitrogen and oxygen atoms in total. The van der Waals surface area contributed by atoms with Crippen molar-refractivity contribution < 1.29 is 4.74 Å². The summed E-state index contributed by atoms with van der Waals surface area (Å²) in [7, 11) is 0. The van der Waals surface area contributed by atoms with Gasteiger partial charge in [0.15, 0.2) is 0 Å². The lowest BCUT2D eigenvalue weighted by atomic mass is 10.0. The van der Waals surface area contributed by atoms with Gasteiger partial charge in [-0.2, -0.15) is 0 Å². The van der Waals surface area contributed by atoms with Crippen LogP contribution in [0.5, 0.6) is 5.75 Å². The first-order chi connectivity index (χ1) is 8.63. The number of hydrogen-bond acceptors (Lipinski definition) is 1. The van der Waals surface area contributed by atoms with E-state index in [2.05, 4.69) is 57.7 Å². The quantitative estimate of drug-likeness (QED) is 0.701.